The highest BCUT2D eigenvalue weighted by Crippen LogP contribution is 2.36. The molecule has 1 aliphatic heterocycles. The molecular formula is C14H21ClN2O. The summed E-state index contributed by atoms with van der Waals surface area (Å²) in [7, 11) is 3.72. The summed E-state index contributed by atoms with van der Waals surface area (Å²) in [6, 6.07) is 4.25. The molecule has 1 aliphatic rings. The van der Waals surface area contributed by atoms with Crippen molar-refractivity contribution in [1.29, 1.82) is 0 Å². The summed E-state index contributed by atoms with van der Waals surface area (Å²) in [5.74, 6) is 1.53. The molecule has 1 saturated heterocycles. The van der Waals surface area contributed by atoms with E-state index in [2.05, 4.69) is 10.6 Å². The van der Waals surface area contributed by atoms with Gasteiger partial charge in [-0.3, -0.25) is 0 Å². The van der Waals surface area contributed by atoms with Crippen molar-refractivity contribution in [1.82, 2.24) is 10.6 Å². The third-order valence-electron chi connectivity index (χ3n) is 3.69. The summed E-state index contributed by atoms with van der Waals surface area (Å²) in [5.41, 5.74) is 2.25. The number of benzene rings is 1. The van der Waals surface area contributed by atoms with Crippen molar-refractivity contribution in [3.05, 3.63) is 28.3 Å². The van der Waals surface area contributed by atoms with Gasteiger partial charge in [-0.05, 0) is 57.1 Å². The van der Waals surface area contributed by atoms with E-state index >= 15 is 0 Å². The molecule has 0 radical (unpaired) electrons. The largest absolute Gasteiger partial charge is 0.496 e. The lowest BCUT2D eigenvalue weighted by molar-refractivity contribution is 0.368. The Labute approximate surface area is 114 Å². The second-order valence-electron chi connectivity index (χ2n) is 4.86. The van der Waals surface area contributed by atoms with Gasteiger partial charge in [0.05, 0.1) is 7.11 Å². The van der Waals surface area contributed by atoms with Gasteiger partial charge in [0.2, 0.25) is 0 Å². The maximum Gasteiger partial charge on any atom is 0.126 e. The van der Waals surface area contributed by atoms with Crippen LogP contribution in [0.15, 0.2) is 12.1 Å². The molecule has 1 aromatic rings. The monoisotopic (exact) mass is 268 g/mol. The maximum atomic E-state index is 6.19. The van der Waals surface area contributed by atoms with Crippen molar-refractivity contribution in [3.8, 4) is 5.75 Å². The molecule has 1 aromatic carbocycles. The smallest absolute Gasteiger partial charge is 0.126 e. The Balaban J connectivity index is 2.39. The molecule has 2 rings (SSSR count). The zero-order chi connectivity index (χ0) is 13.1. The molecule has 1 heterocycles. The van der Waals surface area contributed by atoms with Gasteiger partial charge in [0, 0.05) is 16.6 Å². The van der Waals surface area contributed by atoms with E-state index in [4.69, 9.17) is 16.3 Å². The van der Waals surface area contributed by atoms with Crippen LogP contribution >= 0.6 is 11.6 Å². The molecule has 18 heavy (non-hydrogen) atoms. The minimum Gasteiger partial charge on any atom is -0.496 e. The molecule has 100 valence electrons. The summed E-state index contributed by atoms with van der Waals surface area (Å²) in [6.45, 7) is 4.17. The van der Waals surface area contributed by atoms with Crippen LogP contribution in [0.25, 0.3) is 0 Å². The predicted molar refractivity (Wildman–Crippen MR) is 75.5 cm³/mol. The highest BCUT2D eigenvalue weighted by atomic mass is 35.5. The topological polar surface area (TPSA) is 33.3 Å². The van der Waals surface area contributed by atoms with Gasteiger partial charge in [0.15, 0.2) is 0 Å². The Hall–Kier alpha value is -0.770. The predicted octanol–water partition coefficient (Wildman–Crippen LogP) is 2.53. The van der Waals surface area contributed by atoms with Gasteiger partial charge in [0.1, 0.15) is 5.75 Å². The summed E-state index contributed by atoms with van der Waals surface area (Å²) in [4.78, 5) is 0. The SMILES string of the molecule is CNC(c1cc(Cl)cc(C)c1OC)C1CCNC1. The summed E-state index contributed by atoms with van der Waals surface area (Å²) >= 11 is 6.19. The Kier molecular flexibility index (Phi) is 4.49. The van der Waals surface area contributed by atoms with Crippen LogP contribution in [0.2, 0.25) is 5.02 Å². The highest BCUT2D eigenvalue weighted by molar-refractivity contribution is 6.30. The molecule has 4 heteroatoms. The number of aryl methyl sites for hydroxylation is 1. The summed E-state index contributed by atoms with van der Waals surface area (Å²) in [6.07, 6.45) is 1.18. The second kappa shape index (κ2) is 5.91. The molecule has 1 fully saturated rings. The first-order valence-electron chi connectivity index (χ1n) is 6.39. The Morgan fingerprint density at radius 3 is 2.83 bits per heavy atom. The Bertz CT molecular complexity index is 417. The first-order chi connectivity index (χ1) is 8.67. The lowest BCUT2D eigenvalue weighted by atomic mass is 9.90. The molecule has 0 saturated carbocycles. The zero-order valence-electron chi connectivity index (χ0n) is 11.2. The Morgan fingerprint density at radius 1 is 1.50 bits per heavy atom. The van der Waals surface area contributed by atoms with Gasteiger partial charge in [-0.15, -0.1) is 0 Å². The van der Waals surface area contributed by atoms with Crippen molar-refractivity contribution in [2.24, 2.45) is 5.92 Å². The van der Waals surface area contributed by atoms with Gasteiger partial charge < -0.3 is 15.4 Å². The molecular weight excluding hydrogens is 248 g/mol. The average molecular weight is 269 g/mol. The number of methoxy groups -OCH3 is 1. The second-order valence-corrected chi connectivity index (χ2v) is 5.30. The number of hydrogen-bond acceptors (Lipinski definition) is 3. The van der Waals surface area contributed by atoms with Crippen LogP contribution < -0.4 is 15.4 Å². The fraction of sp³-hybridized carbons (Fsp3) is 0.571. The zero-order valence-corrected chi connectivity index (χ0v) is 12.0. The average Bonchev–Trinajstić information content (AvgIpc) is 2.83. The van der Waals surface area contributed by atoms with Crippen molar-refractivity contribution in [3.63, 3.8) is 0 Å². The molecule has 2 atom stereocenters. The van der Waals surface area contributed by atoms with Crippen molar-refractivity contribution >= 4 is 11.6 Å². The number of hydrogen-bond donors (Lipinski definition) is 2. The van der Waals surface area contributed by atoms with Crippen LogP contribution in [0.3, 0.4) is 0 Å². The maximum absolute atomic E-state index is 6.19. The Morgan fingerprint density at radius 2 is 2.28 bits per heavy atom. The molecule has 3 nitrogen and oxygen atoms in total. The van der Waals surface area contributed by atoms with Gasteiger partial charge >= 0.3 is 0 Å². The molecule has 0 spiro atoms. The van der Waals surface area contributed by atoms with E-state index in [1.165, 1.54) is 12.0 Å². The summed E-state index contributed by atoms with van der Waals surface area (Å²) < 4.78 is 5.55. The fourth-order valence-corrected chi connectivity index (χ4v) is 3.15. The number of rotatable bonds is 4. The standard InChI is InChI=1S/C14H21ClN2O/c1-9-6-11(15)7-12(14(9)18-3)13(16-2)10-4-5-17-8-10/h6-7,10,13,16-17H,4-5,8H2,1-3H3. The van der Waals surface area contributed by atoms with E-state index < -0.39 is 0 Å². The van der Waals surface area contributed by atoms with E-state index in [9.17, 15) is 0 Å². The molecule has 2 N–H and O–H groups in total. The number of halogens is 1. The molecule has 0 bridgehead atoms. The van der Waals surface area contributed by atoms with E-state index in [1.807, 2.05) is 26.1 Å². The van der Waals surface area contributed by atoms with Crippen molar-refractivity contribution in [2.45, 2.75) is 19.4 Å². The normalized spacial score (nSPS) is 21.0. The van der Waals surface area contributed by atoms with E-state index in [-0.39, 0.29) is 6.04 Å². The van der Waals surface area contributed by atoms with E-state index in [1.54, 1.807) is 7.11 Å². The molecule has 0 aromatic heterocycles. The van der Waals surface area contributed by atoms with Gasteiger partial charge in [-0.2, -0.15) is 0 Å². The van der Waals surface area contributed by atoms with Crippen LogP contribution in [0.5, 0.6) is 5.75 Å². The van der Waals surface area contributed by atoms with Crippen molar-refractivity contribution in [2.75, 3.05) is 27.2 Å². The quantitative estimate of drug-likeness (QED) is 0.880. The van der Waals surface area contributed by atoms with Crippen LogP contribution in [0.4, 0.5) is 0 Å². The molecule has 0 aliphatic carbocycles. The first-order valence-corrected chi connectivity index (χ1v) is 6.77. The van der Waals surface area contributed by atoms with E-state index in [0.29, 0.717) is 5.92 Å². The van der Waals surface area contributed by atoms with Crippen LogP contribution in [0, 0.1) is 12.8 Å². The van der Waals surface area contributed by atoms with Gasteiger partial charge in [-0.25, -0.2) is 0 Å². The third-order valence-corrected chi connectivity index (χ3v) is 3.91. The fourth-order valence-electron chi connectivity index (χ4n) is 2.87. The first kappa shape index (κ1) is 13.7. The molecule has 0 amide bonds. The third kappa shape index (κ3) is 2.63. The number of nitrogens with one attached hydrogen (secondary N) is 2. The van der Waals surface area contributed by atoms with Gasteiger partial charge in [-0.1, -0.05) is 11.6 Å². The lowest BCUT2D eigenvalue weighted by Crippen LogP contribution is -2.27. The number of ether oxygens (including phenoxy) is 1. The highest BCUT2D eigenvalue weighted by Gasteiger charge is 2.28. The minimum atomic E-state index is 0.285. The minimum absolute atomic E-state index is 0.285. The summed E-state index contributed by atoms with van der Waals surface area (Å²) in [5, 5.41) is 7.59. The van der Waals surface area contributed by atoms with Crippen molar-refractivity contribution < 1.29 is 4.74 Å². The molecule has 2 unspecified atom stereocenters. The van der Waals surface area contributed by atoms with E-state index in [0.717, 1.165) is 29.4 Å². The van der Waals surface area contributed by atoms with Crippen LogP contribution in [-0.2, 0) is 0 Å². The van der Waals surface area contributed by atoms with Crippen LogP contribution in [-0.4, -0.2) is 27.2 Å². The van der Waals surface area contributed by atoms with Gasteiger partial charge in [0.25, 0.3) is 0 Å². The van der Waals surface area contributed by atoms with Crippen LogP contribution in [0.1, 0.15) is 23.6 Å². The lowest BCUT2D eigenvalue weighted by Gasteiger charge is -2.25.